The molecule has 0 N–H and O–H groups in total. The van der Waals surface area contributed by atoms with E-state index in [0.717, 1.165) is 3.97 Å². The summed E-state index contributed by atoms with van der Waals surface area (Å²) in [5.41, 5.74) is 1.05. The number of hydrogen-bond acceptors (Lipinski definition) is 6. The molecule has 204 valence electrons. The Kier molecular flexibility index (Phi) is 7.41. The summed E-state index contributed by atoms with van der Waals surface area (Å²) in [7, 11) is -2.69. The number of nitrogens with zero attached hydrogens (tertiary/aromatic N) is 3. The standard InChI is InChI=1S/C26H21Cl4N3O5S/c1-38-24-19-5-3-2-4-18(19)23(13-22(24)31-8-10-32(11-9-31)25(35)26(28,29)30)39(36,37)33-14-16(15-34)20-12-17(27)6-7-21(20)33/h2-7,12-15H,8-11H2,1H3. The van der Waals surface area contributed by atoms with Crippen LogP contribution in [-0.4, -0.2) is 66.6 Å². The highest BCUT2D eigenvalue weighted by atomic mass is 35.6. The fraction of sp³-hybridized carbons (Fsp3) is 0.231. The molecule has 39 heavy (non-hydrogen) atoms. The molecule has 0 aliphatic carbocycles. The summed E-state index contributed by atoms with van der Waals surface area (Å²) < 4.78 is 33.2. The van der Waals surface area contributed by atoms with Crippen molar-refractivity contribution in [3.05, 3.63) is 65.3 Å². The molecule has 1 fully saturated rings. The van der Waals surface area contributed by atoms with E-state index in [1.807, 2.05) is 4.90 Å². The van der Waals surface area contributed by atoms with Crippen molar-refractivity contribution in [2.75, 3.05) is 38.2 Å². The van der Waals surface area contributed by atoms with E-state index < -0.39 is 19.7 Å². The van der Waals surface area contributed by atoms with Crippen LogP contribution in [0.1, 0.15) is 10.4 Å². The maximum Gasteiger partial charge on any atom is 0.274 e. The first-order valence-electron chi connectivity index (χ1n) is 11.7. The van der Waals surface area contributed by atoms with E-state index in [1.54, 1.807) is 48.5 Å². The van der Waals surface area contributed by atoms with Gasteiger partial charge in [0.15, 0.2) is 6.29 Å². The fourth-order valence-electron chi connectivity index (χ4n) is 4.89. The Morgan fingerprint density at radius 1 is 0.974 bits per heavy atom. The smallest absolute Gasteiger partial charge is 0.274 e. The fourth-order valence-corrected chi connectivity index (χ4v) is 7.02. The molecule has 1 aromatic heterocycles. The second kappa shape index (κ2) is 10.4. The number of halogens is 4. The third kappa shape index (κ3) is 4.91. The van der Waals surface area contributed by atoms with Crippen LogP contribution in [-0.2, 0) is 14.8 Å². The third-order valence-corrected chi connectivity index (χ3v) is 9.15. The minimum absolute atomic E-state index is 0.0259. The Hall–Kier alpha value is -2.69. The van der Waals surface area contributed by atoms with Gasteiger partial charge in [-0.05, 0) is 24.3 Å². The molecule has 1 aliphatic rings. The number of anilines is 1. The van der Waals surface area contributed by atoms with Crippen LogP contribution in [0, 0.1) is 0 Å². The highest BCUT2D eigenvalue weighted by Gasteiger charge is 2.37. The van der Waals surface area contributed by atoms with Gasteiger partial charge in [-0.3, -0.25) is 9.59 Å². The van der Waals surface area contributed by atoms with Gasteiger partial charge in [0.2, 0.25) is 0 Å². The Morgan fingerprint density at radius 2 is 1.64 bits per heavy atom. The number of fused-ring (bicyclic) bond motifs is 2. The van der Waals surface area contributed by atoms with Gasteiger partial charge in [-0.15, -0.1) is 0 Å². The molecule has 0 atom stereocenters. The molecule has 13 heteroatoms. The monoisotopic (exact) mass is 627 g/mol. The summed E-state index contributed by atoms with van der Waals surface area (Å²) in [5.74, 6) is -0.130. The molecular formula is C26H21Cl4N3O5S. The number of aldehydes is 1. The first-order valence-corrected chi connectivity index (χ1v) is 14.6. The number of ether oxygens (including phenoxy) is 1. The van der Waals surface area contributed by atoms with E-state index in [0.29, 0.717) is 57.5 Å². The zero-order chi connectivity index (χ0) is 28.1. The molecule has 4 aromatic rings. The maximum atomic E-state index is 14.2. The van der Waals surface area contributed by atoms with E-state index in [1.165, 1.54) is 18.2 Å². The van der Waals surface area contributed by atoms with Crippen molar-refractivity contribution in [3.63, 3.8) is 0 Å². The van der Waals surface area contributed by atoms with Crippen LogP contribution in [0.25, 0.3) is 21.7 Å². The van der Waals surface area contributed by atoms with Gasteiger partial charge in [0.05, 0.1) is 23.2 Å². The van der Waals surface area contributed by atoms with Gasteiger partial charge in [0.25, 0.3) is 19.7 Å². The molecule has 1 aliphatic heterocycles. The van der Waals surface area contributed by atoms with Crippen molar-refractivity contribution in [2.45, 2.75) is 8.69 Å². The minimum Gasteiger partial charge on any atom is -0.494 e. The molecule has 0 radical (unpaired) electrons. The van der Waals surface area contributed by atoms with E-state index in [-0.39, 0.29) is 23.5 Å². The van der Waals surface area contributed by atoms with E-state index in [2.05, 4.69) is 0 Å². The normalized spacial score (nSPS) is 14.7. The van der Waals surface area contributed by atoms with Crippen LogP contribution < -0.4 is 9.64 Å². The highest BCUT2D eigenvalue weighted by Crippen LogP contribution is 2.42. The van der Waals surface area contributed by atoms with Crippen molar-refractivity contribution >= 4 is 96.0 Å². The number of hydrogen-bond donors (Lipinski definition) is 0. The van der Waals surface area contributed by atoms with Crippen molar-refractivity contribution < 1.29 is 22.7 Å². The Balaban J connectivity index is 1.66. The predicted octanol–water partition coefficient (Wildman–Crippen LogP) is 5.52. The average Bonchev–Trinajstić information content (AvgIpc) is 3.29. The number of alkyl halides is 3. The Morgan fingerprint density at radius 3 is 2.26 bits per heavy atom. The number of piperazine rings is 1. The van der Waals surface area contributed by atoms with Gasteiger partial charge in [0, 0.05) is 59.1 Å². The summed E-state index contributed by atoms with van der Waals surface area (Å²) in [6.07, 6.45) is 1.89. The van der Waals surface area contributed by atoms with Crippen molar-refractivity contribution in [1.82, 2.24) is 8.87 Å². The maximum absolute atomic E-state index is 14.2. The molecule has 0 unspecified atom stereocenters. The number of carbonyl (C=O) groups excluding carboxylic acids is 2. The SMILES string of the molecule is COc1c(N2CCN(C(=O)C(Cl)(Cl)Cl)CC2)cc(S(=O)(=O)n2cc(C=O)c3cc(Cl)ccc32)c2ccccc12. The topological polar surface area (TPSA) is 88.9 Å². The molecule has 0 bridgehead atoms. The van der Waals surface area contributed by atoms with Crippen LogP contribution in [0.2, 0.25) is 5.02 Å². The minimum atomic E-state index is -4.21. The number of rotatable bonds is 5. The summed E-state index contributed by atoms with van der Waals surface area (Å²) in [5, 5.41) is 1.84. The summed E-state index contributed by atoms with van der Waals surface area (Å²) in [6, 6.07) is 13.3. The molecule has 8 nitrogen and oxygen atoms in total. The lowest BCUT2D eigenvalue weighted by Crippen LogP contribution is -2.51. The zero-order valence-electron chi connectivity index (χ0n) is 20.4. The van der Waals surface area contributed by atoms with Gasteiger partial charge in [-0.1, -0.05) is 70.7 Å². The van der Waals surface area contributed by atoms with Crippen LogP contribution in [0.15, 0.2) is 59.6 Å². The quantitative estimate of drug-likeness (QED) is 0.213. The second-order valence-electron chi connectivity index (χ2n) is 8.91. The Bertz CT molecular complexity index is 1730. The number of carbonyl (C=O) groups is 2. The molecule has 0 spiro atoms. The zero-order valence-corrected chi connectivity index (χ0v) is 24.2. The van der Waals surface area contributed by atoms with Gasteiger partial charge in [0.1, 0.15) is 5.75 Å². The van der Waals surface area contributed by atoms with Gasteiger partial charge in [-0.2, -0.15) is 0 Å². The molecule has 5 rings (SSSR count). The predicted molar refractivity (Wildman–Crippen MR) is 155 cm³/mol. The lowest BCUT2D eigenvalue weighted by atomic mass is 10.1. The first-order chi connectivity index (χ1) is 18.5. The van der Waals surface area contributed by atoms with E-state index in [4.69, 9.17) is 51.1 Å². The van der Waals surface area contributed by atoms with Crippen LogP contribution in [0.4, 0.5) is 5.69 Å². The molecule has 1 saturated heterocycles. The van der Waals surface area contributed by atoms with Crippen LogP contribution >= 0.6 is 46.4 Å². The summed E-state index contributed by atoms with van der Waals surface area (Å²) in [6.45, 7) is 1.22. The van der Waals surface area contributed by atoms with Crippen LogP contribution in [0.5, 0.6) is 5.75 Å². The lowest BCUT2D eigenvalue weighted by Gasteiger charge is -2.38. The van der Waals surface area contributed by atoms with Crippen molar-refractivity contribution in [1.29, 1.82) is 0 Å². The van der Waals surface area contributed by atoms with Gasteiger partial charge < -0.3 is 14.5 Å². The second-order valence-corrected chi connectivity index (χ2v) is 13.4. The highest BCUT2D eigenvalue weighted by molar-refractivity contribution is 7.90. The largest absolute Gasteiger partial charge is 0.494 e. The number of benzene rings is 3. The first kappa shape index (κ1) is 27.9. The van der Waals surface area contributed by atoms with Gasteiger partial charge >= 0.3 is 0 Å². The number of amides is 1. The van der Waals surface area contributed by atoms with E-state index >= 15 is 0 Å². The van der Waals surface area contributed by atoms with Crippen molar-refractivity contribution in [2.24, 2.45) is 0 Å². The van der Waals surface area contributed by atoms with Crippen LogP contribution in [0.3, 0.4) is 0 Å². The average molecular weight is 629 g/mol. The molecule has 1 amide bonds. The lowest BCUT2D eigenvalue weighted by molar-refractivity contribution is -0.130. The van der Waals surface area contributed by atoms with Crippen molar-refractivity contribution in [3.8, 4) is 5.75 Å². The summed E-state index contributed by atoms with van der Waals surface area (Å²) in [4.78, 5) is 27.6. The Labute approximate surface area is 244 Å². The molecule has 2 heterocycles. The number of aromatic nitrogens is 1. The van der Waals surface area contributed by atoms with E-state index in [9.17, 15) is 18.0 Å². The third-order valence-electron chi connectivity index (χ3n) is 6.72. The molecule has 0 saturated carbocycles. The number of methoxy groups -OCH3 is 1. The van der Waals surface area contributed by atoms with Gasteiger partial charge in [-0.25, -0.2) is 12.4 Å². The molecular weight excluding hydrogens is 608 g/mol. The summed E-state index contributed by atoms with van der Waals surface area (Å²) >= 11 is 23.5. The molecule has 3 aromatic carbocycles.